The van der Waals surface area contributed by atoms with E-state index in [0.717, 1.165) is 33.9 Å². The molecule has 168 valence electrons. The summed E-state index contributed by atoms with van der Waals surface area (Å²) >= 11 is 1.44. The molecule has 3 rings (SSSR count). The molecule has 0 aliphatic heterocycles. The Bertz CT molecular complexity index is 1070. The van der Waals surface area contributed by atoms with E-state index in [1.807, 2.05) is 63.2 Å². The minimum atomic E-state index is -0.248. The normalized spacial score (nSPS) is 10.9. The van der Waals surface area contributed by atoms with E-state index in [-0.39, 0.29) is 5.91 Å². The molecule has 6 nitrogen and oxygen atoms in total. The van der Waals surface area contributed by atoms with Gasteiger partial charge in [-0.3, -0.25) is 10.1 Å². The van der Waals surface area contributed by atoms with Crippen LogP contribution in [0.5, 0.6) is 17.2 Å². The molecule has 1 amide bonds. The Kier molecular flexibility index (Phi) is 8.27. The molecule has 0 saturated carbocycles. The van der Waals surface area contributed by atoms with E-state index in [9.17, 15) is 4.79 Å². The van der Waals surface area contributed by atoms with Crippen molar-refractivity contribution in [3.05, 3.63) is 59.0 Å². The van der Waals surface area contributed by atoms with Crippen molar-refractivity contribution in [3.8, 4) is 28.5 Å². The van der Waals surface area contributed by atoms with Gasteiger partial charge in [0.25, 0.3) is 0 Å². The maximum absolute atomic E-state index is 12.4. The minimum Gasteiger partial charge on any atom is -0.494 e. The largest absolute Gasteiger partial charge is 0.494 e. The van der Waals surface area contributed by atoms with Crippen LogP contribution in [0.25, 0.3) is 17.3 Å². The van der Waals surface area contributed by atoms with Crippen molar-refractivity contribution < 1.29 is 19.0 Å². The van der Waals surface area contributed by atoms with Crippen molar-refractivity contribution in [2.24, 2.45) is 0 Å². The van der Waals surface area contributed by atoms with Gasteiger partial charge in [-0.15, -0.1) is 11.3 Å². The van der Waals surface area contributed by atoms with Gasteiger partial charge in [0.1, 0.15) is 5.75 Å². The average Bonchev–Trinajstić information content (AvgIpc) is 3.16. The fourth-order valence-corrected chi connectivity index (χ4v) is 3.87. The zero-order valence-electron chi connectivity index (χ0n) is 18.8. The lowest BCUT2D eigenvalue weighted by Gasteiger charge is -2.10. The monoisotopic (exact) mass is 452 g/mol. The number of nitrogens with one attached hydrogen (secondary N) is 1. The molecule has 1 N–H and O–H groups in total. The van der Waals surface area contributed by atoms with E-state index >= 15 is 0 Å². The SMILES string of the molecule is CCCOc1ccc(/C=C/C(=O)Nc2nc(-c3ccc(OCC)cc3)c(C)s2)cc1OC. The predicted octanol–water partition coefficient (Wildman–Crippen LogP) is 5.97. The molecule has 1 aromatic heterocycles. The van der Waals surface area contributed by atoms with Gasteiger partial charge in [-0.05, 0) is 68.3 Å². The summed E-state index contributed by atoms with van der Waals surface area (Å²) in [4.78, 5) is 18.0. The number of hydrogen-bond acceptors (Lipinski definition) is 6. The smallest absolute Gasteiger partial charge is 0.250 e. The van der Waals surface area contributed by atoms with Crippen molar-refractivity contribution in [1.29, 1.82) is 0 Å². The van der Waals surface area contributed by atoms with Gasteiger partial charge in [-0.2, -0.15) is 0 Å². The Balaban J connectivity index is 1.66. The average molecular weight is 453 g/mol. The first-order valence-electron chi connectivity index (χ1n) is 10.5. The fraction of sp³-hybridized carbons (Fsp3) is 0.280. The molecule has 2 aromatic carbocycles. The summed E-state index contributed by atoms with van der Waals surface area (Å²) in [6, 6.07) is 13.4. The number of aromatic nitrogens is 1. The quantitative estimate of drug-likeness (QED) is 0.384. The van der Waals surface area contributed by atoms with E-state index in [1.54, 1.807) is 13.2 Å². The lowest BCUT2D eigenvalue weighted by atomic mass is 10.1. The summed E-state index contributed by atoms with van der Waals surface area (Å²) in [5.41, 5.74) is 2.67. The first-order chi connectivity index (χ1) is 15.5. The topological polar surface area (TPSA) is 69.7 Å². The molecule has 0 unspecified atom stereocenters. The summed E-state index contributed by atoms with van der Waals surface area (Å²) in [6.07, 6.45) is 4.13. The van der Waals surface area contributed by atoms with Crippen LogP contribution in [0.15, 0.2) is 48.5 Å². The van der Waals surface area contributed by atoms with Crippen LogP contribution in [0.4, 0.5) is 5.13 Å². The highest BCUT2D eigenvalue weighted by Gasteiger charge is 2.12. The van der Waals surface area contributed by atoms with Gasteiger partial charge in [0.15, 0.2) is 16.6 Å². The highest BCUT2D eigenvalue weighted by molar-refractivity contribution is 7.16. The molecule has 0 fully saturated rings. The van der Waals surface area contributed by atoms with Gasteiger partial charge in [0, 0.05) is 16.5 Å². The van der Waals surface area contributed by atoms with Gasteiger partial charge < -0.3 is 14.2 Å². The summed E-state index contributed by atoms with van der Waals surface area (Å²) in [7, 11) is 1.60. The van der Waals surface area contributed by atoms with E-state index in [1.165, 1.54) is 17.4 Å². The molecule has 0 aliphatic carbocycles. The Labute approximate surface area is 192 Å². The number of ether oxygens (including phenoxy) is 3. The predicted molar refractivity (Wildman–Crippen MR) is 130 cm³/mol. The molecule has 3 aromatic rings. The summed E-state index contributed by atoms with van der Waals surface area (Å²) in [5.74, 6) is 1.90. The van der Waals surface area contributed by atoms with Crippen molar-refractivity contribution in [3.63, 3.8) is 0 Å². The Morgan fingerprint density at radius 3 is 2.56 bits per heavy atom. The second-order valence-corrected chi connectivity index (χ2v) is 8.17. The van der Waals surface area contributed by atoms with Gasteiger partial charge in [-0.1, -0.05) is 13.0 Å². The standard InChI is InChI=1S/C25H28N2O4S/c1-5-15-31-21-13-7-18(16-22(21)29-4)8-14-23(28)26-25-27-24(17(3)32-25)19-9-11-20(12-10-19)30-6-2/h7-14,16H,5-6,15H2,1-4H3,(H,26,27,28)/b14-8+. The number of methoxy groups -OCH3 is 1. The number of benzene rings is 2. The van der Waals surface area contributed by atoms with Gasteiger partial charge >= 0.3 is 0 Å². The molecule has 0 radical (unpaired) electrons. The van der Waals surface area contributed by atoms with Crippen LogP contribution in [0, 0.1) is 6.92 Å². The lowest BCUT2D eigenvalue weighted by Crippen LogP contribution is -2.07. The Morgan fingerprint density at radius 1 is 1.09 bits per heavy atom. The lowest BCUT2D eigenvalue weighted by molar-refractivity contribution is -0.111. The number of thiazole rings is 1. The van der Waals surface area contributed by atoms with E-state index in [2.05, 4.69) is 10.3 Å². The zero-order chi connectivity index (χ0) is 22.9. The molecule has 0 aliphatic rings. The third kappa shape index (κ3) is 6.11. The second-order valence-electron chi connectivity index (χ2n) is 6.96. The first-order valence-corrected chi connectivity index (χ1v) is 11.4. The Hall–Kier alpha value is -3.32. The van der Waals surface area contributed by atoms with Crippen LogP contribution >= 0.6 is 11.3 Å². The molecule has 32 heavy (non-hydrogen) atoms. The molecule has 0 bridgehead atoms. The highest BCUT2D eigenvalue weighted by atomic mass is 32.1. The third-order valence-corrected chi connectivity index (χ3v) is 5.43. The van der Waals surface area contributed by atoms with Crippen molar-refractivity contribution in [2.75, 3.05) is 25.6 Å². The fourth-order valence-electron chi connectivity index (χ4n) is 3.03. The van der Waals surface area contributed by atoms with Crippen LogP contribution in [-0.4, -0.2) is 31.2 Å². The van der Waals surface area contributed by atoms with E-state index < -0.39 is 0 Å². The molecule has 0 spiro atoms. The first kappa shape index (κ1) is 23.3. The number of hydrogen-bond donors (Lipinski definition) is 1. The zero-order valence-corrected chi connectivity index (χ0v) is 19.6. The van der Waals surface area contributed by atoms with Crippen molar-refractivity contribution in [2.45, 2.75) is 27.2 Å². The van der Waals surface area contributed by atoms with Crippen LogP contribution in [0.3, 0.4) is 0 Å². The number of nitrogens with zero attached hydrogens (tertiary/aromatic N) is 1. The molecule has 0 saturated heterocycles. The number of aryl methyl sites for hydroxylation is 1. The van der Waals surface area contributed by atoms with Crippen LogP contribution in [-0.2, 0) is 4.79 Å². The maximum atomic E-state index is 12.4. The number of anilines is 1. The van der Waals surface area contributed by atoms with Crippen molar-refractivity contribution in [1.82, 2.24) is 4.98 Å². The van der Waals surface area contributed by atoms with Crippen LogP contribution in [0.2, 0.25) is 0 Å². The molecule has 7 heteroatoms. The number of carbonyl (C=O) groups excluding carboxylic acids is 1. The number of amides is 1. The van der Waals surface area contributed by atoms with Crippen LogP contribution in [0.1, 0.15) is 30.7 Å². The number of carbonyl (C=O) groups is 1. The van der Waals surface area contributed by atoms with Gasteiger partial charge in [0.05, 0.1) is 26.0 Å². The van der Waals surface area contributed by atoms with Crippen molar-refractivity contribution >= 4 is 28.5 Å². The third-order valence-electron chi connectivity index (χ3n) is 4.54. The van der Waals surface area contributed by atoms with Gasteiger partial charge in [-0.25, -0.2) is 4.98 Å². The molecular weight excluding hydrogens is 424 g/mol. The molecule has 0 atom stereocenters. The number of rotatable bonds is 10. The molecule has 1 heterocycles. The molecular formula is C25H28N2O4S. The summed E-state index contributed by atoms with van der Waals surface area (Å²) in [5, 5.41) is 3.40. The van der Waals surface area contributed by atoms with Gasteiger partial charge in [0.2, 0.25) is 5.91 Å². The maximum Gasteiger partial charge on any atom is 0.250 e. The Morgan fingerprint density at radius 2 is 1.88 bits per heavy atom. The summed E-state index contributed by atoms with van der Waals surface area (Å²) < 4.78 is 16.5. The van der Waals surface area contributed by atoms with E-state index in [0.29, 0.717) is 29.8 Å². The van der Waals surface area contributed by atoms with Crippen LogP contribution < -0.4 is 19.5 Å². The van der Waals surface area contributed by atoms with E-state index in [4.69, 9.17) is 14.2 Å². The highest BCUT2D eigenvalue weighted by Crippen LogP contribution is 2.32. The second kappa shape index (κ2) is 11.3. The minimum absolute atomic E-state index is 0.248. The summed E-state index contributed by atoms with van der Waals surface area (Å²) in [6.45, 7) is 7.24.